The molecule has 34 heavy (non-hydrogen) atoms. The molecule has 176 valence electrons. The van der Waals surface area contributed by atoms with Crippen molar-refractivity contribution in [3.8, 4) is 11.3 Å². The molecule has 2 saturated heterocycles. The van der Waals surface area contributed by atoms with E-state index < -0.39 is 11.9 Å². The SMILES string of the molecule is CC1(C)C2CN(Cc3ccnc(-c4ccc5c(c4)CN(C4CCC(=O)NC4=O)C5=O)c3F)CC21. The zero-order chi connectivity index (χ0) is 23.8. The highest BCUT2D eigenvalue weighted by Gasteiger charge is 2.61. The highest BCUT2D eigenvalue weighted by Crippen LogP contribution is 2.62. The van der Waals surface area contributed by atoms with Crippen molar-refractivity contribution < 1.29 is 18.8 Å². The second-order valence-electron chi connectivity index (χ2n) is 10.6. The number of pyridine rings is 1. The average molecular weight is 463 g/mol. The number of nitrogens with zero attached hydrogens (tertiary/aromatic N) is 3. The number of imide groups is 1. The summed E-state index contributed by atoms with van der Waals surface area (Å²) < 4.78 is 15.5. The third-order valence-electron chi connectivity index (χ3n) is 8.36. The van der Waals surface area contributed by atoms with E-state index >= 15 is 4.39 Å². The minimum Gasteiger partial charge on any atom is -0.322 e. The van der Waals surface area contributed by atoms with Gasteiger partial charge < -0.3 is 4.90 Å². The fraction of sp³-hybridized carbons (Fsp3) is 0.462. The van der Waals surface area contributed by atoms with Crippen LogP contribution in [0.2, 0.25) is 0 Å². The minimum atomic E-state index is -0.670. The van der Waals surface area contributed by atoms with E-state index in [0.29, 0.717) is 46.9 Å². The summed E-state index contributed by atoms with van der Waals surface area (Å²) >= 11 is 0. The maximum atomic E-state index is 15.5. The van der Waals surface area contributed by atoms with Gasteiger partial charge in [0.1, 0.15) is 11.7 Å². The van der Waals surface area contributed by atoms with Gasteiger partial charge in [-0.2, -0.15) is 0 Å². The first-order chi connectivity index (χ1) is 16.2. The number of hydrogen-bond acceptors (Lipinski definition) is 5. The quantitative estimate of drug-likeness (QED) is 0.707. The van der Waals surface area contributed by atoms with Gasteiger partial charge >= 0.3 is 0 Å². The molecule has 0 bridgehead atoms. The van der Waals surface area contributed by atoms with Crippen molar-refractivity contribution in [1.82, 2.24) is 20.1 Å². The van der Waals surface area contributed by atoms with Crippen LogP contribution in [0.5, 0.6) is 0 Å². The lowest BCUT2D eigenvalue weighted by Crippen LogP contribution is -2.52. The Hall–Kier alpha value is -3.13. The Labute approximate surface area is 197 Å². The number of rotatable bonds is 4. The second-order valence-corrected chi connectivity index (χ2v) is 10.6. The van der Waals surface area contributed by atoms with Gasteiger partial charge in [-0.3, -0.25) is 29.6 Å². The number of hydrogen-bond donors (Lipinski definition) is 1. The first kappa shape index (κ1) is 21.4. The lowest BCUT2D eigenvalue weighted by Gasteiger charge is -2.29. The Morgan fingerprint density at radius 3 is 2.65 bits per heavy atom. The molecule has 1 aromatic carbocycles. The topological polar surface area (TPSA) is 82.6 Å². The van der Waals surface area contributed by atoms with Crippen molar-refractivity contribution in [3.05, 3.63) is 53.0 Å². The van der Waals surface area contributed by atoms with Gasteiger partial charge in [0.05, 0.1) is 0 Å². The second kappa shape index (κ2) is 7.43. The molecule has 6 rings (SSSR count). The Bertz CT molecular complexity index is 1230. The van der Waals surface area contributed by atoms with Crippen LogP contribution in [0.3, 0.4) is 0 Å². The fourth-order valence-corrected chi connectivity index (χ4v) is 6.11. The maximum Gasteiger partial charge on any atom is 0.255 e. The van der Waals surface area contributed by atoms with E-state index in [2.05, 4.69) is 29.0 Å². The van der Waals surface area contributed by atoms with Crippen LogP contribution in [0.1, 0.15) is 48.2 Å². The number of carbonyl (C=O) groups excluding carboxylic acids is 3. The van der Waals surface area contributed by atoms with E-state index in [-0.39, 0.29) is 36.3 Å². The Balaban J connectivity index is 1.22. The first-order valence-electron chi connectivity index (χ1n) is 11.9. The number of fused-ring (bicyclic) bond motifs is 2. The first-order valence-corrected chi connectivity index (χ1v) is 11.9. The van der Waals surface area contributed by atoms with Crippen LogP contribution in [0.25, 0.3) is 11.3 Å². The predicted octanol–water partition coefficient (Wildman–Crippen LogP) is 2.74. The van der Waals surface area contributed by atoms with E-state index in [4.69, 9.17) is 0 Å². The zero-order valence-corrected chi connectivity index (χ0v) is 19.3. The summed E-state index contributed by atoms with van der Waals surface area (Å²) in [6, 6.07) is 6.27. The van der Waals surface area contributed by atoms with Crippen LogP contribution in [0, 0.1) is 23.1 Å². The molecule has 3 unspecified atom stereocenters. The third kappa shape index (κ3) is 3.27. The summed E-state index contributed by atoms with van der Waals surface area (Å²) in [5.41, 5.74) is 3.18. The van der Waals surface area contributed by atoms with Gasteiger partial charge in [-0.15, -0.1) is 0 Å². The minimum absolute atomic E-state index is 0.208. The van der Waals surface area contributed by atoms with Crippen LogP contribution in [-0.2, 0) is 22.7 Å². The van der Waals surface area contributed by atoms with Gasteiger partial charge in [-0.25, -0.2) is 4.39 Å². The number of amides is 3. The van der Waals surface area contributed by atoms with Crippen LogP contribution < -0.4 is 5.32 Å². The largest absolute Gasteiger partial charge is 0.322 e. The molecule has 3 aliphatic heterocycles. The molecule has 1 aliphatic carbocycles. The third-order valence-corrected chi connectivity index (χ3v) is 8.36. The van der Waals surface area contributed by atoms with E-state index in [1.807, 2.05) is 0 Å². The Morgan fingerprint density at radius 2 is 1.91 bits per heavy atom. The van der Waals surface area contributed by atoms with Gasteiger partial charge in [0.15, 0.2) is 5.82 Å². The highest BCUT2D eigenvalue weighted by atomic mass is 19.1. The van der Waals surface area contributed by atoms with Crippen LogP contribution in [-0.4, -0.2) is 51.6 Å². The number of benzene rings is 1. The smallest absolute Gasteiger partial charge is 0.255 e. The van der Waals surface area contributed by atoms with Crippen molar-refractivity contribution in [2.24, 2.45) is 17.3 Å². The van der Waals surface area contributed by atoms with E-state index in [1.54, 1.807) is 30.5 Å². The zero-order valence-electron chi connectivity index (χ0n) is 19.3. The molecule has 8 heteroatoms. The molecule has 0 spiro atoms. The Kier molecular flexibility index (Phi) is 4.68. The molecule has 2 aromatic rings. The molecule has 1 aromatic heterocycles. The van der Waals surface area contributed by atoms with Crippen LogP contribution in [0.4, 0.5) is 4.39 Å². The summed E-state index contributed by atoms with van der Waals surface area (Å²) in [7, 11) is 0. The van der Waals surface area contributed by atoms with E-state index in [0.717, 1.165) is 18.7 Å². The molecule has 4 aliphatic rings. The summed E-state index contributed by atoms with van der Waals surface area (Å²) in [6.45, 7) is 7.45. The molecule has 3 amide bonds. The van der Waals surface area contributed by atoms with Crippen LogP contribution in [0.15, 0.2) is 30.5 Å². The molecule has 0 radical (unpaired) electrons. The normalized spacial score (nSPS) is 27.6. The van der Waals surface area contributed by atoms with Crippen molar-refractivity contribution in [3.63, 3.8) is 0 Å². The lowest BCUT2D eigenvalue weighted by atomic mass is 10.0. The number of piperidine rings is 2. The van der Waals surface area contributed by atoms with Crippen molar-refractivity contribution in [2.45, 2.75) is 45.8 Å². The standard InChI is InChI=1S/C26H27FN4O3/c1-26(2)18-12-30(13-19(18)26)10-15-7-8-28-23(22(15)27)14-3-4-17-16(9-14)11-31(25(17)34)20-5-6-21(32)29-24(20)33/h3-4,7-9,18-20H,5-6,10-13H2,1-2H3,(H,29,32,33). The van der Waals surface area contributed by atoms with Gasteiger partial charge in [0.2, 0.25) is 11.8 Å². The molecular formula is C26H27FN4O3. The van der Waals surface area contributed by atoms with Gasteiger partial charge in [-0.1, -0.05) is 19.9 Å². The molecular weight excluding hydrogens is 435 g/mol. The predicted molar refractivity (Wildman–Crippen MR) is 122 cm³/mol. The number of halogens is 1. The highest BCUT2D eigenvalue weighted by molar-refractivity contribution is 6.05. The maximum absolute atomic E-state index is 15.5. The monoisotopic (exact) mass is 462 g/mol. The van der Waals surface area contributed by atoms with Gasteiger partial charge in [0.25, 0.3) is 5.91 Å². The van der Waals surface area contributed by atoms with Gasteiger partial charge in [0, 0.05) is 55.5 Å². The molecule has 3 atom stereocenters. The summed E-state index contributed by atoms with van der Waals surface area (Å²) in [6.07, 6.45) is 2.16. The number of carbonyl (C=O) groups is 3. The summed E-state index contributed by atoms with van der Waals surface area (Å²) in [5, 5.41) is 2.31. The van der Waals surface area contributed by atoms with Crippen molar-refractivity contribution in [2.75, 3.05) is 13.1 Å². The summed E-state index contributed by atoms with van der Waals surface area (Å²) in [4.78, 5) is 44.8. The number of likely N-dealkylation sites (tertiary alicyclic amines) is 1. The number of aromatic nitrogens is 1. The van der Waals surface area contributed by atoms with E-state index in [1.165, 1.54) is 4.90 Å². The molecule has 1 saturated carbocycles. The van der Waals surface area contributed by atoms with Crippen molar-refractivity contribution in [1.29, 1.82) is 0 Å². The molecule has 4 heterocycles. The molecule has 3 fully saturated rings. The molecule has 1 N–H and O–H groups in total. The lowest BCUT2D eigenvalue weighted by molar-refractivity contribution is -0.136. The number of nitrogens with one attached hydrogen (secondary N) is 1. The fourth-order valence-electron chi connectivity index (χ4n) is 6.11. The summed E-state index contributed by atoms with van der Waals surface area (Å²) in [5.74, 6) is 0.0871. The van der Waals surface area contributed by atoms with Gasteiger partial charge in [-0.05, 0) is 47.4 Å². The van der Waals surface area contributed by atoms with Crippen molar-refractivity contribution >= 4 is 17.7 Å². The molecule has 7 nitrogen and oxygen atoms in total. The van der Waals surface area contributed by atoms with Crippen LogP contribution >= 0.6 is 0 Å². The van der Waals surface area contributed by atoms with E-state index in [9.17, 15) is 14.4 Å². The Morgan fingerprint density at radius 1 is 1.15 bits per heavy atom. The average Bonchev–Trinajstić information content (AvgIpc) is 3.14.